The van der Waals surface area contributed by atoms with Gasteiger partial charge in [-0.05, 0) is 28.9 Å². The van der Waals surface area contributed by atoms with E-state index in [1.54, 1.807) is 6.92 Å². The molecule has 26 heavy (non-hydrogen) atoms. The summed E-state index contributed by atoms with van der Waals surface area (Å²) in [5.74, 6) is -0.965. The van der Waals surface area contributed by atoms with E-state index in [2.05, 4.69) is 26.4 Å². The van der Waals surface area contributed by atoms with Gasteiger partial charge in [0.15, 0.2) is 12.4 Å². The highest BCUT2D eigenvalue weighted by Crippen LogP contribution is 2.27. The van der Waals surface area contributed by atoms with E-state index in [-0.39, 0.29) is 17.2 Å². The van der Waals surface area contributed by atoms with Gasteiger partial charge in [0.25, 0.3) is 11.6 Å². The average Bonchev–Trinajstić information content (AvgIpc) is 2.96. The average molecular weight is 426 g/mol. The molecule has 2 aromatic rings. The maximum atomic E-state index is 12.2. The third-order valence-corrected chi connectivity index (χ3v) is 4.05. The van der Waals surface area contributed by atoms with Crippen LogP contribution in [-0.4, -0.2) is 28.6 Å². The number of rotatable bonds is 6. The predicted molar refractivity (Wildman–Crippen MR) is 95.0 cm³/mol. The first-order valence-electron chi connectivity index (χ1n) is 7.57. The lowest BCUT2D eigenvalue weighted by atomic mass is 10.1. The minimum atomic E-state index is -0.703. The number of anilines is 1. The number of hydrogen-bond donors (Lipinski definition) is 1. The number of ether oxygens (including phenoxy) is 1. The van der Waals surface area contributed by atoms with E-state index in [1.165, 1.54) is 18.2 Å². The number of nitrogens with zero attached hydrogens (tertiary/aromatic N) is 2. The molecule has 0 radical (unpaired) electrons. The van der Waals surface area contributed by atoms with Gasteiger partial charge in [-0.3, -0.25) is 14.9 Å². The van der Waals surface area contributed by atoms with Crippen molar-refractivity contribution >= 4 is 39.2 Å². The molecule has 2 rings (SSSR count). The van der Waals surface area contributed by atoms with Crippen molar-refractivity contribution in [1.29, 1.82) is 0 Å². The van der Waals surface area contributed by atoms with Crippen LogP contribution < -0.4 is 5.32 Å². The van der Waals surface area contributed by atoms with Crippen LogP contribution in [0.2, 0.25) is 0 Å². The summed E-state index contributed by atoms with van der Waals surface area (Å²) in [5.41, 5.74) is 0.799. The maximum Gasteiger partial charge on any atom is 0.344 e. The summed E-state index contributed by atoms with van der Waals surface area (Å²) >= 11 is 3.14. The third-order valence-electron chi connectivity index (χ3n) is 3.39. The second-order valence-electron chi connectivity index (χ2n) is 5.71. The molecular weight excluding hydrogens is 410 g/mol. The number of non-ortho nitro benzene ring substituents is 1. The number of esters is 1. The van der Waals surface area contributed by atoms with Gasteiger partial charge in [-0.25, -0.2) is 4.79 Å². The molecule has 1 N–H and O–H groups in total. The number of carbonyl (C=O) groups is 2. The van der Waals surface area contributed by atoms with E-state index in [4.69, 9.17) is 9.26 Å². The number of benzene rings is 1. The van der Waals surface area contributed by atoms with Crippen molar-refractivity contribution in [3.63, 3.8) is 0 Å². The van der Waals surface area contributed by atoms with Crippen LogP contribution in [0, 0.1) is 17.0 Å². The number of hydrogen-bond acceptors (Lipinski definition) is 7. The largest absolute Gasteiger partial charge is 0.452 e. The zero-order valence-corrected chi connectivity index (χ0v) is 15.8. The zero-order chi connectivity index (χ0) is 19.4. The Hall–Kier alpha value is -2.75. The molecule has 0 unspecified atom stereocenters. The quantitative estimate of drug-likeness (QED) is 0.425. The molecule has 0 spiro atoms. The molecule has 1 aromatic carbocycles. The van der Waals surface area contributed by atoms with Crippen molar-refractivity contribution < 1.29 is 23.8 Å². The first-order valence-corrected chi connectivity index (χ1v) is 8.37. The molecule has 0 atom stereocenters. The van der Waals surface area contributed by atoms with Crippen molar-refractivity contribution in [3.05, 3.63) is 49.8 Å². The maximum absolute atomic E-state index is 12.2. The van der Waals surface area contributed by atoms with Crippen LogP contribution in [0.15, 0.2) is 27.2 Å². The predicted octanol–water partition coefficient (Wildman–Crippen LogP) is 3.57. The molecule has 0 saturated heterocycles. The Balaban J connectivity index is 2.00. The standard InChI is InChI=1S/C16H16BrN3O6/c1-8(2)15-14(9(3)19-26-15)16(22)25-7-13(21)18-12-5-4-10(20(23)24)6-11(12)17/h4-6,8H,7H2,1-3H3,(H,18,21). The molecule has 138 valence electrons. The van der Waals surface area contributed by atoms with Crippen molar-refractivity contribution in [2.45, 2.75) is 26.7 Å². The van der Waals surface area contributed by atoms with Crippen LogP contribution in [0.4, 0.5) is 11.4 Å². The lowest BCUT2D eigenvalue weighted by Crippen LogP contribution is -2.21. The fourth-order valence-electron chi connectivity index (χ4n) is 2.14. The molecule has 0 aliphatic rings. The SMILES string of the molecule is Cc1noc(C(C)C)c1C(=O)OCC(=O)Nc1ccc([N+](=O)[O-])cc1Br. The molecule has 1 amide bonds. The van der Waals surface area contributed by atoms with Gasteiger partial charge in [0.2, 0.25) is 0 Å². The molecule has 9 nitrogen and oxygen atoms in total. The summed E-state index contributed by atoms with van der Waals surface area (Å²) in [4.78, 5) is 34.3. The number of nitro groups is 1. The van der Waals surface area contributed by atoms with Gasteiger partial charge in [-0.1, -0.05) is 19.0 Å². The number of carbonyl (C=O) groups excluding carboxylic acids is 2. The topological polar surface area (TPSA) is 125 Å². The number of nitro benzene ring substituents is 1. The van der Waals surface area contributed by atoms with Gasteiger partial charge in [-0.15, -0.1) is 0 Å². The van der Waals surface area contributed by atoms with Crippen LogP contribution in [0.25, 0.3) is 0 Å². The molecule has 1 heterocycles. The smallest absolute Gasteiger partial charge is 0.344 e. The highest BCUT2D eigenvalue weighted by atomic mass is 79.9. The number of nitrogens with one attached hydrogen (secondary N) is 1. The van der Waals surface area contributed by atoms with E-state index in [1.807, 2.05) is 13.8 Å². The molecule has 10 heteroatoms. The molecule has 0 bridgehead atoms. The molecule has 0 saturated carbocycles. The van der Waals surface area contributed by atoms with Gasteiger partial charge >= 0.3 is 5.97 Å². The zero-order valence-electron chi connectivity index (χ0n) is 14.2. The lowest BCUT2D eigenvalue weighted by Gasteiger charge is -2.09. The Morgan fingerprint density at radius 3 is 2.69 bits per heavy atom. The Bertz CT molecular complexity index is 862. The number of halogens is 1. The summed E-state index contributed by atoms with van der Waals surface area (Å²) in [6, 6.07) is 3.89. The van der Waals surface area contributed by atoms with E-state index >= 15 is 0 Å². The van der Waals surface area contributed by atoms with Gasteiger partial charge in [0.05, 0.1) is 16.3 Å². The second kappa shape index (κ2) is 8.09. The van der Waals surface area contributed by atoms with Crippen LogP contribution in [-0.2, 0) is 9.53 Å². The molecule has 0 aliphatic heterocycles. The Labute approximate surface area is 157 Å². The summed E-state index contributed by atoms with van der Waals surface area (Å²) in [5, 5.41) is 17.0. The van der Waals surface area contributed by atoms with E-state index in [0.717, 1.165) is 0 Å². The molecule has 0 fully saturated rings. The minimum absolute atomic E-state index is 0.0661. The minimum Gasteiger partial charge on any atom is -0.452 e. The molecule has 0 aliphatic carbocycles. The highest BCUT2D eigenvalue weighted by Gasteiger charge is 2.24. The third kappa shape index (κ3) is 4.45. The van der Waals surface area contributed by atoms with E-state index < -0.39 is 23.4 Å². The normalized spacial score (nSPS) is 10.7. The van der Waals surface area contributed by atoms with Gasteiger partial charge < -0.3 is 14.6 Å². The summed E-state index contributed by atoms with van der Waals surface area (Å²) in [6.07, 6.45) is 0. The lowest BCUT2D eigenvalue weighted by molar-refractivity contribution is -0.384. The first kappa shape index (κ1) is 19.6. The van der Waals surface area contributed by atoms with E-state index in [0.29, 0.717) is 21.6 Å². The molecule has 1 aromatic heterocycles. The Morgan fingerprint density at radius 2 is 2.12 bits per heavy atom. The number of aryl methyl sites for hydroxylation is 1. The van der Waals surface area contributed by atoms with Gasteiger partial charge in [-0.2, -0.15) is 0 Å². The van der Waals surface area contributed by atoms with E-state index in [9.17, 15) is 19.7 Å². The fourth-order valence-corrected chi connectivity index (χ4v) is 2.60. The Kier molecular flexibility index (Phi) is 6.09. The highest BCUT2D eigenvalue weighted by molar-refractivity contribution is 9.10. The van der Waals surface area contributed by atoms with Crippen LogP contribution in [0.3, 0.4) is 0 Å². The van der Waals surface area contributed by atoms with Crippen molar-refractivity contribution in [3.8, 4) is 0 Å². The molecular formula is C16H16BrN3O6. The summed E-state index contributed by atoms with van der Waals surface area (Å²) < 4.78 is 10.5. The number of amides is 1. The summed E-state index contributed by atoms with van der Waals surface area (Å²) in [6.45, 7) is 4.77. The van der Waals surface area contributed by atoms with Crippen LogP contribution in [0.1, 0.15) is 41.6 Å². The van der Waals surface area contributed by atoms with Gasteiger partial charge in [0, 0.05) is 22.5 Å². The van der Waals surface area contributed by atoms with Gasteiger partial charge in [0.1, 0.15) is 5.56 Å². The van der Waals surface area contributed by atoms with Crippen molar-refractivity contribution in [2.24, 2.45) is 0 Å². The van der Waals surface area contributed by atoms with Crippen molar-refractivity contribution in [2.75, 3.05) is 11.9 Å². The summed E-state index contributed by atoms with van der Waals surface area (Å²) in [7, 11) is 0. The first-order chi connectivity index (χ1) is 12.2. The number of aromatic nitrogens is 1. The van der Waals surface area contributed by atoms with Crippen LogP contribution >= 0.6 is 15.9 Å². The van der Waals surface area contributed by atoms with Crippen LogP contribution in [0.5, 0.6) is 0 Å². The fraction of sp³-hybridized carbons (Fsp3) is 0.312. The Morgan fingerprint density at radius 1 is 1.42 bits per heavy atom. The second-order valence-corrected chi connectivity index (χ2v) is 6.56. The monoisotopic (exact) mass is 425 g/mol. The van der Waals surface area contributed by atoms with Crippen molar-refractivity contribution in [1.82, 2.24) is 5.16 Å².